The zero-order valence-electron chi connectivity index (χ0n) is 11.2. The number of carbonyl (C=O) groups excluding carboxylic acids is 1. The lowest BCUT2D eigenvalue weighted by atomic mass is 10.0. The summed E-state index contributed by atoms with van der Waals surface area (Å²) in [6, 6.07) is 7.48. The van der Waals surface area contributed by atoms with Crippen LogP contribution in [0.5, 0.6) is 0 Å². The van der Waals surface area contributed by atoms with Gasteiger partial charge in [0.25, 0.3) is 5.91 Å². The number of hydrogen-bond donors (Lipinski definition) is 2. The standard InChI is InChI=1S/C14H13ClN2O4/c1-8-6-12(17-21-8)14(20)16-11(7-13(18)19)9-4-2-3-5-10(9)15/h2-6,11H,7H2,1H3,(H,16,20)(H,18,19). The van der Waals surface area contributed by atoms with Crippen molar-refractivity contribution in [2.75, 3.05) is 0 Å². The molecule has 7 heteroatoms. The topological polar surface area (TPSA) is 92.4 Å². The Morgan fingerprint density at radius 2 is 2.14 bits per heavy atom. The third kappa shape index (κ3) is 3.82. The van der Waals surface area contributed by atoms with Crippen LogP contribution in [0.1, 0.15) is 34.3 Å². The van der Waals surface area contributed by atoms with Crippen LogP contribution in [-0.4, -0.2) is 22.1 Å². The first kappa shape index (κ1) is 15.1. The molecule has 1 atom stereocenters. The molecular weight excluding hydrogens is 296 g/mol. The molecule has 0 radical (unpaired) electrons. The number of carboxylic acids is 1. The van der Waals surface area contributed by atoms with Gasteiger partial charge in [0.1, 0.15) is 5.76 Å². The lowest BCUT2D eigenvalue weighted by Gasteiger charge is -2.17. The van der Waals surface area contributed by atoms with Gasteiger partial charge >= 0.3 is 5.97 Å². The summed E-state index contributed by atoms with van der Waals surface area (Å²) in [6.45, 7) is 1.66. The smallest absolute Gasteiger partial charge is 0.305 e. The minimum atomic E-state index is -1.04. The van der Waals surface area contributed by atoms with Crippen molar-refractivity contribution >= 4 is 23.5 Å². The number of nitrogens with one attached hydrogen (secondary N) is 1. The lowest BCUT2D eigenvalue weighted by Crippen LogP contribution is -2.30. The van der Waals surface area contributed by atoms with Crippen LogP contribution >= 0.6 is 11.6 Å². The average Bonchev–Trinajstić information content (AvgIpc) is 2.85. The largest absolute Gasteiger partial charge is 0.481 e. The first-order valence-electron chi connectivity index (χ1n) is 6.17. The summed E-state index contributed by atoms with van der Waals surface area (Å²) in [5.41, 5.74) is 0.630. The summed E-state index contributed by atoms with van der Waals surface area (Å²) >= 11 is 6.06. The summed E-state index contributed by atoms with van der Waals surface area (Å²) < 4.78 is 4.82. The number of aryl methyl sites for hydroxylation is 1. The van der Waals surface area contributed by atoms with Gasteiger partial charge in [-0.05, 0) is 18.6 Å². The molecule has 0 spiro atoms. The van der Waals surface area contributed by atoms with Crippen LogP contribution in [0.3, 0.4) is 0 Å². The van der Waals surface area contributed by atoms with E-state index in [0.717, 1.165) is 0 Å². The number of carboxylic acid groups (broad SMARTS) is 1. The molecule has 2 rings (SSSR count). The minimum absolute atomic E-state index is 0.0925. The summed E-state index contributed by atoms with van der Waals surface area (Å²) in [7, 11) is 0. The fraction of sp³-hybridized carbons (Fsp3) is 0.214. The number of rotatable bonds is 5. The molecule has 0 aliphatic carbocycles. The molecule has 1 aromatic carbocycles. The minimum Gasteiger partial charge on any atom is -0.481 e. The van der Waals surface area contributed by atoms with E-state index in [0.29, 0.717) is 16.3 Å². The van der Waals surface area contributed by atoms with Gasteiger partial charge in [0, 0.05) is 11.1 Å². The van der Waals surface area contributed by atoms with Crippen molar-refractivity contribution < 1.29 is 19.2 Å². The van der Waals surface area contributed by atoms with Gasteiger partial charge in [0.15, 0.2) is 5.69 Å². The van der Waals surface area contributed by atoms with E-state index in [-0.39, 0.29) is 12.1 Å². The highest BCUT2D eigenvalue weighted by Crippen LogP contribution is 2.25. The first-order valence-corrected chi connectivity index (χ1v) is 6.55. The molecule has 1 amide bonds. The van der Waals surface area contributed by atoms with Gasteiger partial charge in [-0.25, -0.2) is 0 Å². The number of benzene rings is 1. The molecule has 1 aromatic heterocycles. The lowest BCUT2D eigenvalue weighted by molar-refractivity contribution is -0.137. The van der Waals surface area contributed by atoms with Crippen LogP contribution in [0, 0.1) is 6.92 Å². The summed E-state index contributed by atoms with van der Waals surface area (Å²) in [6.07, 6.45) is -0.285. The molecule has 0 saturated heterocycles. The van der Waals surface area contributed by atoms with Gasteiger partial charge in [0.2, 0.25) is 0 Å². The van der Waals surface area contributed by atoms with Crippen molar-refractivity contribution in [1.29, 1.82) is 0 Å². The Bertz CT molecular complexity index is 668. The summed E-state index contributed by atoms with van der Waals surface area (Å²) in [4.78, 5) is 23.1. The highest BCUT2D eigenvalue weighted by Gasteiger charge is 2.22. The molecule has 6 nitrogen and oxygen atoms in total. The van der Waals surface area contributed by atoms with E-state index in [1.807, 2.05) is 0 Å². The third-order valence-corrected chi connectivity index (χ3v) is 3.17. The number of hydrogen-bond acceptors (Lipinski definition) is 4. The van der Waals surface area contributed by atoms with Crippen molar-refractivity contribution in [3.05, 3.63) is 52.4 Å². The first-order chi connectivity index (χ1) is 9.97. The number of halogens is 1. The van der Waals surface area contributed by atoms with E-state index in [4.69, 9.17) is 21.2 Å². The van der Waals surface area contributed by atoms with Gasteiger partial charge in [-0.3, -0.25) is 9.59 Å². The fourth-order valence-corrected chi connectivity index (χ4v) is 2.14. The van der Waals surface area contributed by atoms with Crippen molar-refractivity contribution in [3.8, 4) is 0 Å². The molecule has 0 aliphatic rings. The van der Waals surface area contributed by atoms with E-state index in [2.05, 4.69) is 10.5 Å². The molecule has 0 saturated carbocycles. The Morgan fingerprint density at radius 1 is 1.43 bits per heavy atom. The highest BCUT2D eigenvalue weighted by molar-refractivity contribution is 6.31. The fourth-order valence-electron chi connectivity index (χ4n) is 1.88. The molecule has 2 N–H and O–H groups in total. The van der Waals surface area contributed by atoms with E-state index in [9.17, 15) is 9.59 Å². The zero-order chi connectivity index (χ0) is 15.4. The summed E-state index contributed by atoms with van der Waals surface area (Å²) in [5.74, 6) is -1.07. The number of aromatic nitrogens is 1. The van der Waals surface area contributed by atoms with E-state index < -0.39 is 17.9 Å². The van der Waals surface area contributed by atoms with Crippen LogP contribution in [-0.2, 0) is 4.79 Å². The Labute approximate surface area is 125 Å². The van der Waals surface area contributed by atoms with Crippen molar-refractivity contribution in [3.63, 3.8) is 0 Å². The van der Waals surface area contributed by atoms with Crippen LogP contribution in [0.25, 0.3) is 0 Å². The zero-order valence-corrected chi connectivity index (χ0v) is 11.9. The number of amides is 1. The van der Waals surface area contributed by atoms with E-state index in [1.165, 1.54) is 6.07 Å². The van der Waals surface area contributed by atoms with Gasteiger partial charge in [0.05, 0.1) is 12.5 Å². The predicted molar refractivity (Wildman–Crippen MR) is 75.2 cm³/mol. The van der Waals surface area contributed by atoms with Crippen molar-refractivity contribution in [2.45, 2.75) is 19.4 Å². The van der Waals surface area contributed by atoms with E-state index in [1.54, 1.807) is 31.2 Å². The number of carbonyl (C=O) groups is 2. The molecule has 1 heterocycles. The maximum atomic E-state index is 12.1. The number of nitrogens with zero attached hydrogens (tertiary/aromatic N) is 1. The van der Waals surface area contributed by atoms with Gasteiger partial charge in [-0.2, -0.15) is 0 Å². The normalized spacial score (nSPS) is 11.9. The molecule has 1 unspecified atom stereocenters. The Hall–Kier alpha value is -2.34. The van der Waals surface area contributed by atoms with Crippen LogP contribution in [0.4, 0.5) is 0 Å². The van der Waals surface area contributed by atoms with Crippen molar-refractivity contribution in [1.82, 2.24) is 10.5 Å². The summed E-state index contributed by atoms with van der Waals surface area (Å²) in [5, 5.41) is 15.6. The second-order valence-corrected chi connectivity index (χ2v) is 4.88. The van der Waals surface area contributed by atoms with Gasteiger partial charge in [-0.15, -0.1) is 0 Å². The molecule has 2 aromatic rings. The Balaban J connectivity index is 2.23. The third-order valence-electron chi connectivity index (χ3n) is 2.83. The quantitative estimate of drug-likeness (QED) is 0.885. The Kier molecular flexibility index (Phi) is 4.59. The monoisotopic (exact) mass is 308 g/mol. The molecule has 0 fully saturated rings. The average molecular weight is 309 g/mol. The van der Waals surface area contributed by atoms with Crippen LogP contribution in [0.15, 0.2) is 34.9 Å². The van der Waals surface area contributed by atoms with E-state index >= 15 is 0 Å². The van der Waals surface area contributed by atoms with Crippen LogP contribution < -0.4 is 5.32 Å². The van der Waals surface area contributed by atoms with Crippen LogP contribution in [0.2, 0.25) is 5.02 Å². The SMILES string of the molecule is Cc1cc(C(=O)NC(CC(=O)O)c2ccccc2Cl)no1. The van der Waals surface area contributed by atoms with Crippen molar-refractivity contribution in [2.24, 2.45) is 0 Å². The molecule has 110 valence electrons. The van der Waals surface area contributed by atoms with Gasteiger partial charge in [-0.1, -0.05) is 35.0 Å². The molecule has 0 aliphatic heterocycles. The predicted octanol–water partition coefficient (Wildman–Crippen LogP) is 2.58. The number of aliphatic carboxylic acids is 1. The Morgan fingerprint density at radius 3 is 2.71 bits per heavy atom. The molecule has 0 bridgehead atoms. The second-order valence-electron chi connectivity index (χ2n) is 4.47. The second kappa shape index (κ2) is 6.41. The molecule has 21 heavy (non-hydrogen) atoms. The molecular formula is C14H13ClN2O4. The maximum absolute atomic E-state index is 12.1. The highest BCUT2D eigenvalue weighted by atomic mass is 35.5. The van der Waals surface area contributed by atoms with Gasteiger partial charge < -0.3 is 14.9 Å². The maximum Gasteiger partial charge on any atom is 0.305 e.